The van der Waals surface area contributed by atoms with Gasteiger partial charge in [0.25, 0.3) is 5.69 Å². The number of halogens is 1. The molecule has 0 aliphatic rings. The van der Waals surface area contributed by atoms with Crippen molar-refractivity contribution in [2.24, 2.45) is 4.99 Å². The van der Waals surface area contributed by atoms with Crippen molar-refractivity contribution in [1.29, 1.82) is 0 Å². The Hall–Kier alpha value is -2.76. The molecule has 0 amide bonds. The molecule has 0 fully saturated rings. The Bertz CT molecular complexity index is 639. The first-order chi connectivity index (χ1) is 9.06. The molecule has 2 aromatic carbocycles. The maximum atomic E-state index is 13.4. The zero-order valence-electron chi connectivity index (χ0n) is 9.65. The van der Waals surface area contributed by atoms with E-state index >= 15 is 0 Å². The third-order valence-electron chi connectivity index (χ3n) is 2.39. The van der Waals surface area contributed by atoms with Crippen molar-refractivity contribution in [2.75, 3.05) is 0 Å². The lowest BCUT2D eigenvalue weighted by atomic mass is 10.2. The van der Waals surface area contributed by atoms with Crippen LogP contribution in [-0.2, 0) is 0 Å². The van der Waals surface area contributed by atoms with Gasteiger partial charge in [0.1, 0.15) is 17.3 Å². The van der Waals surface area contributed by atoms with Crippen molar-refractivity contribution >= 4 is 17.6 Å². The summed E-state index contributed by atoms with van der Waals surface area (Å²) in [5.41, 5.74) is 0.310. The second-order valence-electron chi connectivity index (χ2n) is 3.74. The van der Waals surface area contributed by atoms with Gasteiger partial charge in [-0.15, -0.1) is 0 Å². The number of phenols is 1. The van der Waals surface area contributed by atoms with E-state index in [0.29, 0.717) is 5.56 Å². The zero-order valence-corrected chi connectivity index (χ0v) is 9.65. The highest BCUT2D eigenvalue weighted by Crippen LogP contribution is 2.23. The van der Waals surface area contributed by atoms with Crippen LogP contribution in [0.15, 0.2) is 47.5 Å². The monoisotopic (exact) mass is 260 g/mol. The van der Waals surface area contributed by atoms with Gasteiger partial charge in [0, 0.05) is 18.3 Å². The van der Waals surface area contributed by atoms with Crippen LogP contribution in [-0.4, -0.2) is 16.2 Å². The van der Waals surface area contributed by atoms with E-state index in [1.54, 1.807) is 12.1 Å². The van der Waals surface area contributed by atoms with E-state index in [0.717, 1.165) is 18.2 Å². The molecule has 0 aliphatic heterocycles. The highest BCUT2D eigenvalue weighted by Gasteiger charge is 2.09. The number of aliphatic imine (C=N–C) groups is 1. The van der Waals surface area contributed by atoms with Gasteiger partial charge in [-0.1, -0.05) is 0 Å². The number of non-ortho nitro benzene ring substituents is 1. The van der Waals surface area contributed by atoms with Crippen molar-refractivity contribution in [1.82, 2.24) is 0 Å². The van der Waals surface area contributed by atoms with Crippen LogP contribution in [0.1, 0.15) is 5.56 Å². The molecule has 0 aromatic heterocycles. The Morgan fingerprint density at radius 2 is 1.89 bits per heavy atom. The predicted molar refractivity (Wildman–Crippen MR) is 68.4 cm³/mol. The van der Waals surface area contributed by atoms with Gasteiger partial charge in [-0.25, -0.2) is 4.39 Å². The predicted octanol–water partition coefficient (Wildman–Crippen LogP) is 3.19. The number of nitrogens with zero attached hydrogens (tertiary/aromatic N) is 2. The van der Waals surface area contributed by atoms with Crippen LogP contribution in [0.5, 0.6) is 5.75 Å². The number of rotatable bonds is 3. The van der Waals surface area contributed by atoms with Gasteiger partial charge in [-0.2, -0.15) is 0 Å². The lowest BCUT2D eigenvalue weighted by molar-refractivity contribution is -0.384. The van der Waals surface area contributed by atoms with Crippen LogP contribution in [0, 0.1) is 15.9 Å². The van der Waals surface area contributed by atoms with Crippen LogP contribution in [0.3, 0.4) is 0 Å². The molecule has 0 radical (unpaired) electrons. The molecule has 0 saturated heterocycles. The number of benzene rings is 2. The van der Waals surface area contributed by atoms with Crippen LogP contribution in [0.2, 0.25) is 0 Å². The van der Waals surface area contributed by atoms with Crippen molar-refractivity contribution in [3.05, 3.63) is 64.0 Å². The fourth-order valence-electron chi connectivity index (χ4n) is 1.42. The topological polar surface area (TPSA) is 75.7 Å². The first kappa shape index (κ1) is 12.7. The van der Waals surface area contributed by atoms with E-state index < -0.39 is 10.7 Å². The van der Waals surface area contributed by atoms with E-state index in [1.807, 2.05) is 0 Å². The maximum Gasteiger partial charge on any atom is 0.271 e. The second-order valence-corrected chi connectivity index (χ2v) is 3.74. The van der Waals surface area contributed by atoms with Gasteiger partial charge in [0.15, 0.2) is 0 Å². The molecule has 6 heteroatoms. The summed E-state index contributed by atoms with van der Waals surface area (Å²) in [6.07, 6.45) is 1.36. The lowest BCUT2D eigenvalue weighted by Gasteiger charge is -1.97. The van der Waals surface area contributed by atoms with Gasteiger partial charge in [-0.05, 0) is 35.9 Å². The summed E-state index contributed by atoms with van der Waals surface area (Å²) in [6, 6.07) is 9.25. The van der Waals surface area contributed by atoms with Crippen molar-refractivity contribution < 1.29 is 14.4 Å². The summed E-state index contributed by atoms with van der Waals surface area (Å²) < 4.78 is 13.4. The summed E-state index contributed by atoms with van der Waals surface area (Å²) in [7, 11) is 0. The molecule has 0 bridgehead atoms. The summed E-state index contributed by atoms with van der Waals surface area (Å²) in [5, 5.41) is 19.7. The van der Waals surface area contributed by atoms with Crippen LogP contribution in [0.4, 0.5) is 15.8 Å². The highest BCUT2D eigenvalue weighted by molar-refractivity contribution is 5.82. The Kier molecular flexibility index (Phi) is 3.51. The number of nitro groups is 1. The SMILES string of the molecule is O=[N+]([O-])c1ccc(F)c(N=Cc2ccc(O)cc2)c1. The first-order valence-electron chi connectivity index (χ1n) is 5.33. The number of hydrogen-bond donors (Lipinski definition) is 1. The summed E-state index contributed by atoms with van der Waals surface area (Å²) >= 11 is 0. The minimum Gasteiger partial charge on any atom is -0.508 e. The standard InChI is InChI=1S/C13H9FN2O3/c14-12-6-3-10(16(18)19)7-13(12)15-8-9-1-4-11(17)5-2-9/h1-8,17H. The Balaban J connectivity index is 2.29. The Labute approximate surface area is 107 Å². The van der Waals surface area contributed by atoms with Gasteiger partial charge in [0.2, 0.25) is 0 Å². The van der Waals surface area contributed by atoms with Crippen LogP contribution in [0.25, 0.3) is 0 Å². The first-order valence-corrected chi connectivity index (χ1v) is 5.33. The smallest absolute Gasteiger partial charge is 0.271 e. The van der Waals surface area contributed by atoms with E-state index in [-0.39, 0.29) is 17.1 Å². The third kappa shape index (κ3) is 3.12. The summed E-state index contributed by atoms with van der Waals surface area (Å²) in [4.78, 5) is 13.8. The molecule has 0 unspecified atom stereocenters. The zero-order chi connectivity index (χ0) is 13.8. The molecule has 2 aromatic rings. The minimum absolute atomic E-state index is 0.109. The highest BCUT2D eigenvalue weighted by atomic mass is 19.1. The van der Waals surface area contributed by atoms with E-state index in [1.165, 1.54) is 18.3 Å². The van der Waals surface area contributed by atoms with Crippen molar-refractivity contribution in [3.63, 3.8) is 0 Å². The Morgan fingerprint density at radius 3 is 2.53 bits per heavy atom. The fourth-order valence-corrected chi connectivity index (χ4v) is 1.42. The molecule has 5 nitrogen and oxygen atoms in total. The number of nitro benzene ring substituents is 1. The molecular weight excluding hydrogens is 251 g/mol. The maximum absolute atomic E-state index is 13.4. The molecule has 0 atom stereocenters. The molecule has 96 valence electrons. The molecular formula is C13H9FN2O3. The van der Waals surface area contributed by atoms with Crippen LogP contribution < -0.4 is 0 Å². The molecule has 2 rings (SSSR count). The molecule has 0 heterocycles. The molecule has 0 saturated carbocycles. The molecule has 19 heavy (non-hydrogen) atoms. The fraction of sp³-hybridized carbons (Fsp3) is 0. The normalized spacial score (nSPS) is 10.8. The quantitative estimate of drug-likeness (QED) is 0.523. The largest absolute Gasteiger partial charge is 0.508 e. The van der Waals surface area contributed by atoms with E-state index in [4.69, 9.17) is 5.11 Å². The number of aromatic hydroxyl groups is 1. The van der Waals surface area contributed by atoms with Crippen molar-refractivity contribution in [3.8, 4) is 5.75 Å². The average Bonchev–Trinajstić information content (AvgIpc) is 2.39. The number of hydrogen-bond acceptors (Lipinski definition) is 4. The lowest BCUT2D eigenvalue weighted by Crippen LogP contribution is -1.88. The summed E-state index contributed by atoms with van der Waals surface area (Å²) in [6.45, 7) is 0. The molecule has 0 aliphatic carbocycles. The van der Waals surface area contributed by atoms with E-state index in [9.17, 15) is 14.5 Å². The second kappa shape index (κ2) is 5.26. The number of phenolic OH excluding ortho intramolecular Hbond substituents is 1. The van der Waals surface area contributed by atoms with Gasteiger partial charge < -0.3 is 5.11 Å². The summed E-state index contributed by atoms with van der Waals surface area (Å²) in [5.74, 6) is -0.528. The third-order valence-corrected chi connectivity index (χ3v) is 2.39. The van der Waals surface area contributed by atoms with Gasteiger partial charge in [-0.3, -0.25) is 15.1 Å². The molecule has 1 N–H and O–H groups in total. The minimum atomic E-state index is -0.638. The van der Waals surface area contributed by atoms with E-state index in [2.05, 4.69) is 4.99 Å². The van der Waals surface area contributed by atoms with Gasteiger partial charge in [0.05, 0.1) is 4.92 Å². The average molecular weight is 260 g/mol. The molecule has 0 spiro atoms. The van der Waals surface area contributed by atoms with Crippen molar-refractivity contribution in [2.45, 2.75) is 0 Å². The Morgan fingerprint density at radius 1 is 1.21 bits per heavy atom. The van der Waals surface area contributed by atoms with Crippen LogP contribution >= 0.6 is 0 Å². The van der Waals surface area contributed by atoms with Gasteiger partial charge >= 0.3 is 0 Å².